The molecule has 0 bridgehead atoms. The fraction of sp³-hybridized carbons (Fsp3) is 0.200. The first-order valence-corrected chi connectivity index (χ1v) is 28.4. The van der Waals surface area contributed by atoms with Gasteiger partial charge in [0.1, 0.15) is 23.3 Å². The first kappa shape index (κ1) is 49.9. The van der Waals surface area contributed by atoms with Crippen molar-refractivity contribution in [2.75, 3.05) is 4.90 Å². The van der Waals surface area contributed by atoms with Crippen LogP contribution in [-0.4, -0.2) is 22.2 Å². The minimum absolute atomic E-state index is 0.00688. The third-order valence-corrected chi connectivity index (χ3v) is 20.4. The van der Waals surface area contributed by atoms with Gasteiger partial charge in [-0.2, -0.15) is 10.5 Å². The summed E-state index contributed by atoms with van der Waals surface area (Å²) in [7, 11) is 0. The van der Waals surface area contributed by atoms with Gasteiger partial charge in [-0.1, -0.05) is 111 Å². The van der Waals surface area contributed by atoms with Gasteiger partial charge < -0.3 is 15.1 Å². The predicted molar refractivity (Wildman–Crippen MR) is 313 cm³/mol. The van der Waals surface area contributed by atoms with Crippen molar-refractivity contribution < 1.29 is 19.8 Å². The highest BCUT2D eigenvalue weighted by Crippen LogP contribution is 2.50. The van der Waals surface area contributed by atoms with E-state index in [2.05, 4.69) is 164 Å². The van der Waals surface area contributed by atoms with Crippen LogP contribution in [-0.2, 0) is 25.8 Å². The van der Waals surface area contributed by atoms with Crippen molar-refractivity contribution in [2.24, 2.45) is 0 Å². The van der Waals surface area contributed by atoms with Crippen LogP contribution in [0, 0.1) is 22.7 Å². The Bertz CT molecular complexity index is 3760. The van der Waals surface area contributed by atoms with Crippen molar-refractivity contribution in [1.29, 1.82) is 10.5 Å². The number of aliphatic carboxylic acids is 2. The molecule has 0 amide bonds. The molecule has 10 aromatic rings. The average molecular weight is 1070 g/mol. The lowest BCUT2D eigenvalue weighted by Crippen LogP contribution is -2.23. The first-order chi connectivity index (χ1) is 34.6. The number of anilines is 3. The molecule has 0 radical (unpaired) electrons. The van der Waals surface area contributed by atoms with Gasteiger partial charge in [-0.25, -0.2) is 9.59 Å². The quantitative estimate of drug-likeness (QED) is 0.103. The van der Waals surface area contributed by atoms with E-state index < -0.39 is 11.9 Å². The Hall–Kier alpha value is -6.68. The number of carboxylic acid groups (broad SMARTS) is 2. The highest BCUT2D eigenvalue weighted by molar-refractivity contribution is 7.40. The number of fused-ring (bicyclic) bond motifs is 6. The maximum atomic E-state index is 11.5. The molecule has 0 spiro atoms. The van der Waals surface area contributed by atoms with Crippen molar-refractivity contribution in [3.63, 3.8) is 0 Å². The van der Waals surface area contributed by atoms with Crippen molar-refractivity contribution in [1.82, 2.24) is 0 Å². The van der Waals surface area contributed by atoms with Crippen LogP contribution >= 0.6 is 68.0 Å². The van der Waals surface area contributed by atoms with Gasteiger partial charge in [0.15, 0.2) is 0 Å². The molecular formula is C60H49N3O4S6. The summed E-state index contributed by atoms with van der Waals surface area (Å²) >= 11 is 9.83. The van der Waals surface area contributed by atoms with E-state index in [0.29, 0.717) is 0 Å². The average Bonchev–Trinajstić information content (AvgIpc) is 4.20. The highest BCUT2D eigenvalue weighted by Gasteiger charge is 2.30. The van der Waals surface area contributed by atoms with E-state index in [0.717, 1.165) is 75.9 Å². The lowest BCUT2D eigenvalue weighted by molar-refractivity contribution is -0.133. The van der Waals surface area contributed by atoms with Gasteiger partial charge in [0.2, 0.25) is 0 Å². The van der Waals surface area contributed by atoms with E-state index in [1.54, 1.807) is 57.5 Å². The van der Waals surface area contributed by atoms with Gasteiger partial charge in [0, 0.05) is 55.4 Å². The highest BCUT2D eigenvalue weighted by atomic mass is 32.1. The standard InChI is InChI=1S/C60H49N3O4S6/c1-58(2,3)37-24-43(59(4,5)6)51(44(25-37)60(7,8)9)34-14-20-40(21-15-34)63(38-16-10-32(11-17-38)45-28-49-54(72-45)52-47(70-49)26-41(68-52)22-35(30-61)56(64)65)39-18-12-33(13-19-39)46-29-50-55(73-46)53-48(71-50)27-42(69-53)23-36(31-62)57(66)67/h10-29H,1-9H3,(H,64,65)(H,66,67). The molecule has 7 nitrogen and oxygen atoms in total. The number of nitrogens with zero attached hydrogens (tertiary/aromatic N) is 3. The Balaban J connectivity index is 1.03. The SMILES string of the molecule is CC(C)(C)c1cc(C(C)(C)C)c(-c2ccc(N(c3ccc(-c4cc5sc6cc(C=C(C#N)C(=O)O)sc6c5s4)cc3)c3ccc(-c4cc5sc6cc(C=C(C#N)C(=O)O)sc6c5s4)cc3)cc2)c(C(C)(C)C)c1. The van der Waals surface area contributed by atoms with Gasteiger partial charge in [-0.05, 0) is 128 Å². The number of thiophene rings is 6. The number of hydrogen-bond donors (Lipinski definition) is 2. The molecule has 0 saturated heterocycles. The summed E-state index contributed by atoms with van der Waals surface area (Å²) in [5.74, 6) is -2.46. The number of carboxylic acids is 2. The van der Waals surface area contributed by atoms with Crippen LogP contribution in [0.15, 0.2) is 120 Å². The molecule has 13 heteroatoms. The summed E-state index contributed by atoms with van der Waals surface area (Å²) in [5.41, 5.74) is 11.0. The molecule has 0 atom stereocenters. The van der Waals surface area contributed by atoms with Crippen molar-refractivity contribution in [3.8, 4) is 44.1 Å². The lowest BCUT2D eigenvalue weighted by Gasteiger charge is -2.34. The van der Waals surface area contributed by atoms with Crippen molar-refractivity contribution in [3.05, 3.63) is 147 Å². The monoisotopic (exact) mass is 1070 g/mol. The molecule has 0 aliphatic carbocycles. The Labute approximate surface area is 448 Å². The fourth-order valence-electron chi connectivity index (χ4n) is 9.04. The van der Waals surface area contributed by atoms with Crippen LogP contribution in [0.1, 0.15) is 88.8 Å². The van der Waals surface area contributed by atoms with E-state index in [4.69, 9.17) is 0 Å². The second kappa shape index (κ2) is 18.7. The van der Waals surface area contributed by atoms with Crippen molar-refractivity contribution in [2.45, 2.75) is 78.6 Å². The summed E-state index contributed by atoms with van der Waals surface area (Å²) in [6.07, 6.45) is 2.90. The summed E-state index contributed by atoms with van der Waals surface area (Å²) in [5, 5.41) is 37.5. The molecule has 0 aliphatic heterocycles. The molecule has 0 unspecified atom stereocenters. The van der Waals surface area contributed by atoms with Gasteiger partial charge in [0.05, 0.1) is 18.8 Å². The van der Waals surface area contributed by atoms with Crippen LogP contribution in [0.2, 0.25) is 0 Å². The lowest BCUT2D eigenvalue weighted by atomic mass is 9.71. The summed E-state index contributed by atoms with van der Waals surface area (Å²) in [6.45, 7) is 20.8. The largest absolute Gasteiger partial charge is 0.477 e. The molecule has 73 heavy (non-hydrogen) atoms. The fourth-order valence-corrected chi connectivity index (χ4v) is 17.0. The van der Waals surface area contributed by atoms with Crippen LogP contribution in [0.3, 0.4) is 0 Å². The van der Waals surface area contributed by atoms with Gasteiger partial charge >= 0.3 is 11.9 Å². The third-order valence-electron chi connectivity index (χ3n) is 12.8. The molecule has 6 aromatic heterocycles. The minimum Gasteiger partial charge on any atom is -0.477 e. The zero-order valence-electron chi connectivity index (χ0n) is 41.5. The van der Waals surface area contributed by atoms with Crippen LogP contribution in [0.4, 0.5) is 17.1 Å². The number of carbonyl (C=O) groups is 2. The van der Waals surface area contributed by atoms with Crippen LogP contribution < -0.4 is 4.90 Å². The number of rotatable bonds is 10. The topological polar surface area (TPSA) is 125 Å². The summed E-state index contributed by atoms with van der Waals surface area (Å²) in [6, 6.07) is 43.4. The van der Waals surface area contributed by atoms with E-state index in [-0.39, 0.29) is 27.4 Å². The zero-order chi connectivity index (χ0) is 51.9. The third kappa shape index (κ3) is 9.58. The maximum Gasteiger partial charge on any atom is 0.346 e. The van der Waals surface area contributed by atoms with E-state index >= 15 is 0 Å². The molecule has 0 fully saturated rings. The second-order valence-corrected chi connectivity index (χ2v) is 27.6. The normalized spacial score (nSPS) is 12.8. The Morgan fingerprint density at radius 2 is 0.808 bits per heavy atom. The zero-order valence-corrected chi connectivity index (χ0v) is 46.4. The van der Waals surface area contributed by atoms with Crippen molar-refractivity contribution >= 4 is 147 Å². The predicted octanol–water partition coefficient (Wildman–Crippen LogP) is 19.0. The number of nitriles is 2. The molecule has 2 N–H and O–H groups in total. The number of hydrogen-bond acceptors (Lipinski definition) is 11. The molecule has 0 aliphatic rings. The summed E-state index contributed by atoms with van der Waals surface area (Å²) < 4.78 is 9.04. The first-order valence-electron chi connectivity index (χ1n) is 23.5. The Morgan fingerprint density at radius 1 is 0.466 bits per heavy atom. The maximum absolute atomic E-state index is 11.5. The summed E-state index contributed by atoms with van der Waals surface area (Å²) in [4.78, 5) is 29.1. The van der Waals surface area contributed by atoms with Gasteiger partial charge in [0.25, 0.3) is 0 Å². The molecular weight excluding hydrogens is 1020 g/mol. The van der Waals surface area contributed by atoms with E-state index in [1.807, 2.05) is 12.1 Å². The van der Waals surface area contributed by atoms with E-state index in [1.165, 1.54) is 72.0 Å². The second-order valence-electron chi connectivity index (χ2n) is 21.1. The smallest absolute Gasteiger partial charge is 0.346 e. The Morgan fingerprint density at radius 3 is 1.14 bits per heavy atom. The minimum atomic E-state index is -1.23. The molecule has 0 saturated carbocycles. The van der Waals surface area contributed by atoms with Crippen LogP contribution in [0.25, 0.3) is 81.8 Å². The van der Waals surface area contributed by atoms with Gasteiger partial charge in [-0.3, -0.25) is 0 Å². The molecule has 4 aromatic carbocycles. The molecule has 10 rings (SSSR count). The van der Waals surface area contributed by atoms with Crippen LogP contribution in [0.5, 0.6) is 0 Å². The van der Waals surface area contributed by atoms with Gasteiger partial charge in [-0.15, -0.1) is 68.0 Å². The molecule has 6 heterocycles. The van der Waals surface area contributed by atoms with E-state index in [9.17, 15) is 30.3 Å². The Kier molecular flexibility index (Phi) is 12.8. The molecule has 364 valence electrons. The number of benzene rings is 4.